The highest BCUT2D eigenvalue weighted by atomic mass is 16.5. The van der Waals surface area contributed by atoms with Gasteiger partial charge in [-0.05, 0) is 37.5 Å². The number of hydrogen-bond donors (Lipinski definition) is 2. The van der Waals surface area contributed by atoms with Crippen molar-refractivity contribution < 1.29 is 9.47 Å². The molecule has 1 aromatic carbocycles. The lowest BCUT2D eigenvalue weighted by molar-refractivity contribution is 0.0154. The fourth-order valence-corrected chi connectivity index (χ4v) is 4.00. The predicted octanol–water partition coefficient (Wildman–Crippen LogP) is 1.19. The monoisotopic (exact) mass is 389 g/mol. The Kier molecular flexibility index (Phi) is 7.80. The van der Waals surface area contributed by atoms with E-state index in [0.717, 1.165) is 43.4 Å². The van der Waals surface area contributed by atoms with Gasteiger partial charge in [0.2, 0.25) is 0 Å². The zero-order valence-corrected chi connectivity index (χ0v) is 17.5. The number of hydrogen-bond acceptors (Lipinski definition) is 5. The van der Waals surface area contributed by atoms with E-state index < -0.39 is 0 Å². The maximum Gasteiger partial charge on any atom is 0.191 e. The summed E-state index contributed by atoms with van der Waals surface area (Å²) >= 11 is 0. The average Bonchev–Trinajstić information content (AvgIpc) is 2.74. The molecular formula is C21H35N5O2. The van der Waals surface area contributed by atoms with E-state index in [4.69, 9.17) is 9.47 Å². The Labute approximate surface area is 169 Å². The van der Waals surface area contributed by atoms with Gasteiger partial charge in [0.15, 0.2) is 17.5 Å². The van der Waals surface area contributed by atoms with Gasteiger partial charge in [0, 0.05) is 58.9 Å². The van der Waals surface area contributed by atoms with E-state index in [2.05, 4.69) is 37.6 Å². The van der Waals surface area contributed by atoms with E-state index in [1.165, 1.54) is 38.3 Å². The molecule has 0 spiro atoms. The molecule has 1 unspecified atom stereocenters. The first kappa shape index (κ1) is 20.7. The van der Waals surface area contributed by atoms with Crippen LogP contribution < -0.4 is 20.1 Å². The summed E-state index contributed by atoms with van der Waals surface area (Å²) in [5, 5.41) is 6.93. The second-order valence-corrected chi connectivity index (χ2v) is 7.39. The normalized spacial score (nSPS) is 24.1. The lowest BCUT2D eigenvalue weighted by Gasteiger charge is -2.47. The average molecular weight is 390 g/mol. The van der Waals surface area contributed by atoms with Crippen molar-refractivity contribution in [1.29, 1.82) is 0 Å². The topological polar surface area (TPSA) is 61.4 Å². The summed E-state index contributed by atoms with van der Waals surface area (Å²) < 4.78 is 11.0. The van der Waals surface area contributed by atoms with Gasteiger partial charge in [-0.25, -0.2) is 0 Å². The third-order valence-corrected chi connectivity index (χ3v) is 5.58. The summed E-state index contributed by atoms with van der Waals surface area (Å²) in [6.45, 7) is 10.5. The van der Waals surface area contributed by atoms with Crippen LogP contribution >= 0.6 is 0 Å². The molecule has 1 aromatic rings. The molecule has 3 fully saturated rings. The molecule has 156 valence electrons. The van der Waals surface area contributed by atoms with Gasteiger partial charge in [-0.15, -0.1) is 0 Å². The number of rotatable bonds is 9. The summed E-state index contributed by atoms with van der Waals surface area (Å²) in [5.41, 5.74) is 1.26. The first-order valence-electron chi connectivity index (χ1n) is 10.4. The fraction of sp³-hybridized carbons (Fsp3) is 0.667. The van der Waals surface area contributed by atoms with E-state index in [-0.39, 0.29) is 0 Å². The largest absolute Gasteiger partial charge is 0.493 e. The molecule has 3 aliphatic heterocycles. The summed E-state index contributed by atoms with van der Waals surface area (Å²) in [5.74, 6) is 2.50. The Morgan fingerprint density at radius 1 is 1.18 bits per heavy atom. The fourth-order valence-electron chi connectivity index (χ4n) is 4.00. The lowest BCUT2D eigenvalue weighted by atomic mass is 10.1. The Morgan fingerprint density at radius 3 is 2.64 bits per heavy atom. The van der Waals surface area contributed by atoms with Crippen molar-refractivity contribution in [3.63, 3.8) is 0 Å². The second-order valence-electron chi connectivity index (χ2n) is 7.39. The molecule has 0 aliphatic carbocycles. The number of piperazine rings is 3. The van der Waals surface area contributed by atoms with Crippen LogP contribution in [0.3, 0.4) is 0 Å². The molecule has 4 rings (SSSR count). The van der Waals surface area contributed by atoms with Gasteiger partial charge in [0.05, 0.1) is 13.7 Å². The Bertz CT molecular complexity index is 644. The van der Waals surface area contributed by atoms with Gasteiger partial charge >= 0.3 is 0 Å². The Hall–Kier alpha value is -1.99. The SMILES string of the molecule is CCOc1cc(CCCNC(=NC)NCC2CN3CCN2CC3)ccc1OC. The maximum absolute atomic E-state index is 5.66. The van der Waals surface area contributed by atoms with Gasteiger partial charge in [0.1, 0.15) is 0 Å². The molecule has 2 N–H and O–H groups in total. The quantitative estimate of drug-likeness (QED) is 0.376. The van der Waals surface area contributed by atoms with Crippen molar-refractivity contribution >= 4 is 5.96 Å². The number of aryl methyl sites for hydroxylation is 1. The van der Waals surface area contributed by atoms with Crippen LogP contribution in [0.2, 0.25) is 0 Å². The molecule has 3 heterocycles. The molecule has 3 aliphatic rings. The van der Waals surface area contributed by atoms with Gasteiger partial charge in [0.25, 0.3) is 0 Å². The highest BCUT2D eigenvalue weighted by Crippen LogP contribution is 2.28. The van der Waals surface area contributed by atoms with Crippen molar-refractivity contribution in [2.24, 2.45) is 4.99 Å². The van der Waals surface area contributed by atoms with Gasteiger partial charge in [-0.2, -0.15) is 0 Å². The van der Waals surface area contributed by atoms with Crippen LogP contribution in [0.25, 0.3) is 0 Å². The van der Waals surface area contributed by atoms with Crippen LogP contribution in [-0.4, -0.2) is 88.4 Å². The number of nitrogens with one attached hydrogen (secondary N) is 2. The number of fused-ring (bicyclic) bond motifs is 3. The molecule has 7 heteroatoms. The van der Waals surface area contributed by atoms with Gasteiger partial charge < -0.3 is 20.1 Å². The zero-order valence-electron chi connectivity index (χ0n) is 17.5. The van der Waals surface area contributed by atoms with E-state index in [1.807, 2.05) is 20.0 Å². The highest BCUT2D eigenvalue weighted by molar-refractivity contribution is 5.79. The van der Waals surface area contributed by atoms with Crippen molar-refractivity contribution in [1.82, 2.24) is 20.4 Å². The lowest BCUT2D eigenvalue weighted by Crippen LogP contribution is -2.63. The standard InChI is InChI=1S/C21H35N5O2/c1-4-28-20-14-17(7-8-19(20)27-3)6-5-9-23-21(22-2)24-15-18-16-25-10-12-26(18)13-11-25/h7-8,14,18H,4-6,9-13,15-16H2,1-3H3,(H2,22,23,24). The van der Waals surface area contributed by atoms with Crippen LogP contribution in [0.4, 0.5) is 0 Å². The van der Waals surface area contributed by atoms with E-state index in [9.17, 15) is 0 Å². The second kappa shape index (κ2) is 10.5. The third-order valence-electron chi connectivity index (χ3n) is 5.58. The number of nitrogens with zero attached hydrogens (tertiary/aromatic N) is 3. The van der Waals surface area contributed by atoms with E-state index in [0.29, 0.717) is 12.6 Å². The van der Waals surface area contributed by atoms with E-state index >= 15 is 0 Å². The number of benzene rings is 1. The van der Waals surface area contributed by atoms with Gasteiger partial charge in [-0.3, -0.25) is 14.8 Å². The van der Waals surface area contributed by atoms with Crippen LogP contribution in [-0.2, 0) is 6.42 Å². The first-order valence-corrected chi connectivity index (χ1v) is 10.4. The van der Waals surface area contributed by atoms with Crippen LogP contribution in [0.1, 0.15) is 18.9 Å². The number of methoxy groups -OCH3 is 1. The van der Waals surface area contributed by atoms with Crippen molar-refractivity contribution in [2.75, 3.05) is 66.6 Å². The predicted molar refractivity (Wildman–Crippen MR) is 114 cm³/mol. The summed E-state index contributed by atoms with van der Waals surface area (Å²) in [6.07, 6.45) is 2.02. The molecular weight excluding hydrogens is 354 g/mol. The summed E-state index contributed by atoms with van der Waals surface area (Å²) in [6, 6.07) is 6.77. The Balaban J connectivity index is 1.38. The minimum atomic E-state index is 0.595. The number of ether oxygens (including phenoxy) is 2. The summed E-state index contributed by atoms with van der Waals surface area (Å²) in [4.78, 5) is 9.53. The van der Waals surface area contributed by atoms with E-state index in [1.54, 1.807) is 7.11 Å². The zero-order chi connectivity index (χ0) is 19.8. The molecule has 0 aromatic heterocycles. The first-order chi connectivity index (χ1) is 13.7. The minimum absolute atomic E-state index is 0.595. The smallest absolute Gasteiger partial charge is 0.191 e. The number of guanidine groups is 1. The minimum Gasteiger partial charge on any atom is -0.493 e. The third kappa shape index (κ3) is 5.52. The molecule has 28 heavy (non-hydrogen) atoms. The van der Waals surface area contributed by atoms with Gasteiger partial charge in [-0.1, -0.05) is 6.07 Å². The highest BCUT2D eigenvalue weighted by Gasteiger charge is 2.31. The van der Waals surface area contributed by atoms with Crippen molar-refractivity contribution in [2.45, 2.75) is 25.8 Å². The molecule has 1 atom stereocenters. The molecule has 3 saturated heterocycles. The van der Waals surface area contributed by atoms with Crippen LogP contribution in [0, 0.1) is 0 Å². The number of aliphatic imine (C=N–C) groups is 1. The van der Waals surface area contributed by atoms with Crippen molar-refractivity contribution in [3.05, 3.63) is 23.8 Å². The molecule has 0 radical (unpaired) electrons. The molecule has 2 bridgehead atoms. The summed E-state index contributed by atoms with van der Waals surface area (Å²) in [7, 11) is 3.51. The molecule has 0 amide bonds. The Morgan fingerprint density at radius 2 is 2.00 bits per heavy atom. The maximum atomic E-state index is 5.66. The van der Waals surface area contributed by atoms with Crippen LogP contribution in [0.15, 0.2) is 23.2 Å². The van der Waals surface area contributed by atoms with Crippen LogP contribution in [0.5, 0.6) is 11.5 Å². The molecule has 0 saturated carbocycles. The molecule has 7 nitrogen and oxygen atoms in total. The van der Waals surface area contributed by atoms with Crippen molar-refractivity contribution in [3.8, 4) is 11.5 Å².